The normalized spacial score (nSPS) is 11.6. The van der Waals surface area contributed by atoms with Crippen LogP contribution in [0.1, 0.15) is 12.6 Å². The molecule has 0 aliphatic rings. The number of nitrogens with zero attached hydrogens (tertiary/aromatic N) is 3. The Balaban J connectivity index is 1.49. The first-order valence-corrected chi connectivity index (χ1v) is 8.84. The van der Waals surface area contributed by atoms with E-state index in [-0.39, 0.29) is 0 Å². The van der Waals surface area contributed by atoms with Crippen LogP contribution in [0.4, 0.5) is 0 Å². The number of ether oxygens (including phenoxy) is 1. The molecule has 0 unspecified atom stereocenters. The van der Waals surface area contributed by atoms with E-state index in [0.29, 0.717) is 19.7 Å². The number of fused-ring (bicyclic) bond motifs is 1. The van der Waals surface area contributed by atoms with Crippen LogP contribution in [-0.2, 0) is 6.54 Å². The Kier molecular flexibility index (Phi) is 5.68. The van der Waals surface area contributed by atoms with E-state index >= 15 is 0 Å². The minimum atomic E-state index is 0.545. The van der Waals surface area contributed by atoms with Crippen molar-refractivity contribution >= 4 is 22.3 Å². The molecule has 3 rings (SSSR count). The van der Waals surface area contributed by atoms with Gasteiger partial charge in [0.25, 0.3) is 0 Å². The maximum absolute atomic E-state index is 5.67. The Labute approximate surface area is 145 Å². The van der Waals surface area contributed by atoms with E-state index < -0.39 is 0 Å². The van der Waals surface area contributed by atoms with Gasteiger partial charge in [-0.1, -0.05) is 18.2 Å². The van der Waals surface area contributed by atoms with Crippen molar-refractivity contribution in [2.45, 2.75) is 13.5 Å². The lowest BCUT2D eigenvalue weighted by molar-refractivity contribution is 0.322. The summed E-state index contributed by atoms with van der Waals surface area (Å²) >= 11 is 1.62. The van der Waals surface area contributed by atoms with Crippen molar-refractivity contribution in [3.63, 3.8) is 0 Å². The lowest BCUT2D eigenvalue weighted by atomic mass is 10.3. The van der Waals surface area contributed by atoms with E-state index in [1.165, 1.54) is 0 Å². The number of thiazole rings is 1. The zero-order chi connectivity index (χ0) is 16.6. The molecule has 24 heavy (non-hydrogen) atoms. The Bertz CT molecular complexity index is 752. The summed E-state index contributed by atoms with van der Waals surface area (Å²) in [6.45, 7) is 4.66. The number of hydrogen-bond donors (Lipinski definition) is 2. The molecule has 2 N–H and O–H groups in total. The first-order chi connectivity index (χ1) is 11.8. The van der Waals surface area contributed by atoms with Crippen LogP contribution in [0.5, 0.6) is 5.75 Å². The van der Waals surface area contributed by atoms with Crippen LogP contribution >= 0.6 is 11.3 Å². The molecular weight excluding hydrogens is 322 g/mol. The van der Waals surface area contributed by atoms with Crippen LogP contribution in [0.15, 0.2) is 53.1 Å². The number of guanidine groups is 1. The number of rotatable bonds is 7. The smallest absolute Gasteiger partial charge is 0.193 e. The third-order valence-corrected chi connectivity index (χ3v) is 4.06. The maximum atomic E-state index is 5.67. The van der Waals surface area contributed by atoms with E-state index in [9.17, 15) is 0 Å². The zero-order valence-electron chi connectivity index (χ0n) is 13.6. The highest BCUT2D eigenvalue weighted by atomic mass is 32.1. The summed E-state index contributed by atoms with van der Waals surface area (Å²) in [4.78, 5) is 10.1. The van der Waals surface area contributed by atoms with Crippen LogP contribution in [-0.4, -0.2) is 35.0 Å². The molecular formula is C17H21N5OS. The third kappa shape index (κ3) is 4.48. The van der Waals surface area contributed by atoms with Crippen LogP contribution in [0.3, 0.4) is 0 Å². The van der Waals surface area contributed by atoms with Crippen molar-refractivity contribution in [3.8, 4) is 5.75 Å². The van der Waals surface area contributed by atoms with E-state index in [4.69, 9.17) is 4.74 Å². The third-order valence-electron chi connectivity index (χ3n) is 3.29. The molecule has 0 radical (unpaired) electrons. The van der Waals surface area contributed by atoms with Crippen molar-refractivity contribution in [2.75, 3.05) is 19.7 Å². The first-order valence-electron chi connectivity index (χ1n) is 7.96. The van der Waals surface area contributed by atoms with Gasteiger partial charge < -0.3 is 15.4 Å². The number of benzene rings is 1. The molecule has 0 spiro atoms. The summed E-state index contributed by atoms with van der Waals surface area (Å²) in [5, 5.41) is 8.52. The van der Waals surface area contributed by atoms with Gasteiger partial charge in [0.05, 0.1) is 18.8 Å². The summed E-state index contributed by atoms with van der Waals surface area (Å²) in [5.74, 6) is 1.64. The summed E-state index contributed by atoms with van der Waals surface area (Å²) in [5.41, 5.74) is 0.958. The van der Waals surface area contributed by atoms with Crippen LogP contribution < -0.4 is 15.4 Å². The van der Waals surface area contributed by atoms with Crippen LogP contribution in [0.25, 0.3) is 4.96 Å². The summed E-state index contributed by atoms with van der Waals surface area (Å²) in [6, 6.07) is 9.79. The van der Waals surface area contributed by atoms with Gasteiger partial charge in [0.1, 0.15) is 12.4 Å². The highest BCUT2D eigenvalue weighted by Gasteiger charge is 2.03. The number of imidazole rings is 1. The minimum Gasteiger partial charge on any atom is -0.492 e. The number of aromatic nitrogens is 2. The lowest BCUT2D eigenvalue weighted by Crippen LogP contribution is -2.39. The van der Waals surface area contributed by atoms with Gasteiger partial charge in [0.15, 0.2) is 10.9 Å². The molecule has 7 heteroatoms. The quantitative estimate of drug-likeness (QED) is 0.393. The average Bonchev–Trinajstić information content (AvgIpc) is 3.19. The second-order valence-corrected chi connectivity index (χ2v) is 5.98. The molecule has 0 aliphatic carbocycles. The molecule has 2 heterocycles. The molecule has 0 bridgehead atoms. The largest absolute Gasteiger partial charge is 0.492 e. The van der Waals surface area contributed by atoms with Gasteiger partial charge in [-0.3, -0.25) is 4.40 Å². The Morgan fingerprint density at radius 2 is 2.17 bits per heavy atom. The molecule has 0 atom stereocenters. The molecule has 0 saturated carbocycles. The fourth-order valence-electron chi connectivity index (χ4n) is 2.21. The number of nitrogens with one attached hydrogen (secondary N) is 2. The van der Waals surface area contributed by atoms with Crippen molar-refractivity contribution in [1.29, 1.82) is 0 Å². The molecule has 0 amide bonds. The number of hydrogen-bond acceptors (Lipinski definition) is 4. The minimum absolute atomic E-state index is 0.545. The lowest BCUT2D eigenvalue weighted by Gasteiger charge is -2.11. The Hall–Kier alpha value is -2.54. The molecule has 2 aromatic heterocycles. The van der Waals surface area contributed by atoms with Gasteiger partial charge in [-0.15, -0.1) is 11.3 Å². The highest BCUT2D eigenvalue weighted by molar-refractivity contribution is 7.15. The zero-order valence-corrected chi connectivity index (χ0v) is 14.4. The van der Waals surface area contributed by atoms with E-state index in [1.54, 1.807) is 11.3 Å². The monoisotopic (exact) mass is 343 g/mol. The molecule has 0 fully saturated rings. The molecule has 6 nitrogen and oxygen atoms in total. The summed E-state index contributed by atoms with van der Waals surface area (Å²) in [7, 11) is 0. The van der Waals surface area contributed by atoms with Crippen molar-refractivity contribution in [2.24, 2.45) is 4.99 Å². The SMILES string of the molecule is CCNC(=NCc1cn2ccsc2n1)NCCOc1ccccc1. The fraction of sp³-hybridized carbons (Fsp3) is 0.294. The van der Waals surface area contributed by atoms with Gasteiger partial charge >= 0.3 is 0 Å². The predicted octanol–water partition coefficient (Wildman–Crippen LogP) is 2.53. The number of aliphatic imine (C=N–C) groups is 1. The molecule has 1 aromatic carbocycles. The molecule has 0 saturated heterocycles. The second-order valence-electron chi connectivity index (χ2n) is 5.11. The van der Waals surface area contributed by atoms with Gasteiger partial charge in [-0.2, -0.15) is 0 Å². The van der Waals surface area contributed by atoms with Gasteiger partial charge in [0.2, 0.25) is 0 Å². The van der Waals surface area contributed by atoms with Crippen LogP contribution in [0.2, 0.25) is 0 Å². The van der Waals surface area contributed by atoms with Crippen molar-refractivity contribution in [3.05, 3.63) is 53.8 Å². The summed E-state index contributed by atoms with van der Waals surface area (Å²) in [6.07, 6.45) is 4.02. The standard InChI is InChI=1S/C17H21N5OS/c1-2-18-16(19-8-10-23-15-6-4-3-5-7-15)20-12-14-13-22-9-11-24-17(22)21-14/h3-7,9,11,13H,2,8,10,12H2,1H3,(H2,18,19,20). The van der Waals surface area contributed by atoms with E-state index in [2.05, 4.69) is 20.6 Å². The van der Waals surface area contributed by atoms with Crippen LogP contribution in [0, 0.1) is 0 Å². The fourth-order valence-corrected chi connectivity index (χ4v) is 2.93. The topological polar surface area (TPSA) is 63.0 Å². The van der Waals surface area contributed by atoms with E-state index in [1.807, 2.05) is 59.4 Å². The van der Waals surface area contributed by atoms with Gasteiger partial charge in [-0.25, -0.2) is 9.98 Å². The maximum Gasteiger partial charge on any atom is 0.193 e. The Morgan fingerprint density at radius 3 is 2.96 bits per heavy atom. The van der Waals surface area contributed by atoms with Gasteiger partial charge in [-0.05, 0) is 19.1 Å². The average molecular weight is 343 g/mol. The highest BCUT2D eigenvalue weighted by Crippen LogP contribution is 2.11. The Morgan fingerprint density at radius 1 is 1.29 bits per heavy atom. The molecule has 126 valence electrons. The van der Waals surface area contributed by atoms with Crippen molar-refractivity contribution < 1.29 is 4.74 Å². The second kappa shape index (κ2) is 8.35. The molecule has 0 aliphatic heterocycles. The number of para-hydroxylation sites is 1. The first kappa shape index (κ1) is 16.3. The predicted molar refractivity (Wildman–Crippen MR) is 97.8 cm³/mol. The summed E-state index contributed by atoms with van der Waals surface area (Å²) < 4.78 is 7.68. The van der Waals surface area contributed by atoms with Crippen molar-refractivity contribution in [1.82, 2.24) is 20.0 Å². The van der Waals surface area contributed by atoms with Gasteiger partial charge in [0, 0.05) is 24.3 Å². The molecule has 3 aromatic rings. The van der Waals surface area contributed by atoms with E-state index in [0.717, 1.165) is 28.9 Å².